The molecule has 2 aliphatic heterocycles. The molecule has 0 saturated carbocycles. The number of hydrogen-bond donors (Lipinski definition) is 2. The van der Waals surface area contributed by atoms with E-state index in [0.29, 0.717) is 18.1 Å². The van der Waals surface area contributed by atoms with Gasteiger partial charge in [-0.15, -0.1) is 24.8 Å². The standard InChI is InChI=1S/C18H30ClN4O3P/c1-7-25-17-13-16(21-11(3)22-17)23(9-20-13)18-12(19)14(24)15(26-18)10(2)8-27(4,5)6/h9-10,12,14-15,17-18,24H,4,7-8H2,1-3,5-6H3,(H,21,22)/t10?,12-,14+,15-,17?,18-/m1/s1. The molecular formula is C18H30ClN4O3P. The monoisotopic (exact) mass is 416 g/mol. The lowest BCUT2D eigenvalue weighted by molar-refractivity contribution is -0.0400. The maximum atomic E-state index is 10.7. The molecule has 7 nitrogen and oxygen atoms in total. The summed E-state index contributed by atoms with van der Waals surface area (Å²) in [6, 6.07) is 0. The van der Waals surface area contributed by atoms with E-state index in [1.165, 1.54) is 0 Å². The summed E-state index contributed by atoms with van der Waals surface area (Å²) >= 11 is 6.58. The predicted molar refractivity (Wildman–Crippen MR) is 112 cm³/mol. The van der Waals surface area contributed by atoms with Crippen molar-refractivity contribution >= 4 is 36.4 Å². The SMILES string of the molecule is C=P(C)(C)CC(C)[C@H]1O[C@@H](n2cnc3c2N=C(C)NC3OCC)[C@H](Cl)[C@@H]1O. The van der Waals surface area contributed by atoms with Crippen LogP contribution >= 0.6 is 18.5 Å². The minimum absolute atomic E-state index is 0.162. The number of fused-ring (bicyclic) bond motifs is 1. The molecule has 152 valence electrons. The van der Waals surface area contributed by atoms with Gasteiger partial charge in [0.1, 0.15) is 23.0 Å². The maximum absolute atomic E-state index is 10.7. The van der Waals surface area contributed by atoms with E-state index >= 15 is 0 Å². The number of rotatable bonds is 6. The van der Waals surface area contributed by atoms with Crippen LogP contribution in [-0.4, -0.2) is 70.5 Å². The summed E-state index contributed by atoms with van der Waals surface area (Å²) in [5, 5.41) is 13.3. The first kappa shape index (κ1) is 20.9. The molecule has 1 aromatic rings. The van der Waals surface area contributed by atoms with Gasteiger partial charge in [0.2, 0.25) is 0 Å². The molecule has 1 fully saturated rings. The second-order valence-electron chi connectivity index (χ2n) is 8.06. The minimum Gasteiger partial charge on any atom is -0.389 e. The topological polar surface area (TPSA) is 80.9 Å². The first-order chi connectivity index (χ1) is 12.6. The Balaban J connectivity index is 1.87. The Labute approximate surface area is 166 Å². The minimum atomic E-state index is -1.24. The van der Waals surface area contributed by atoms with E-state index in [1.807, 2.05) is 18.4 Å². The highest BCUT2D eigenvalue weighted by Crippen LogP contribution is 2.44. The summed E-state index contributed by atoms with van der Waals surface area (Å²) < 4.78 is 13.8. The van der Waals surface area contributed by atoms with Gasteiger partial charge < -0.3 is 19.9 Å². The number of nitrogens with zero attached hydrogens (tertiary/aromatic N) is 3. The second kappa shape index (κ2) is 7.88. The van der Waals surface area contributed by atoms with Crippen LogP contribution in [0.4, 0.5) is 5.82 Å². The molecule has 6 atom stereocenters. The number of alkyl halides is 1. The first-order valence-corrected chi connectivity index (χ1v) is 12.8. The van der Waals surface area contributed by atoms with E-state index in [9.17, 15) is 5.11 Å². The molecule has 0 radical (unpaired) electrons. The van der Waals surface area contributed by atoms with Crippen LogP contribution in [-0.2, 0) is 9.47 Å². The van der Waals surface area contributed by atoms with Gasteiger partial charge in [-0.05, 0) is 39.3 Å². The van der Waals surface area contributed by atoms with Crippen molar-refractivity contribution in [1.29, 1.82) is 0 Å². The lowest BCUT2D eigenvalue weighted by atomic mass is 10.0. The fourth-order valence-electron chi connectivity index (χ4n) is 3.83. The van der Waals surface area contributed by atoms with E-state index in [0.717, 1.165) is 12.0 Å². The Bertz CT molecular complexity index is 762. The van der Waals surface area contributed by atoms with Crippen LogP contribution in [0.3, 0.4) is 0 Å². The van der Waals surface area contributed by atoms with Gasteiger partial charge in [0.25, 0.3) is 0 Å². The highest BCUT2D eigenvalue weighted by atomic mass is 35.5. The molecule has 27 heavy (non-hydrogen) atoms. The summed E-state index contributed by atoms with van der Waals surface area (Å²) in [5.74, 6) is 1.56. The molecule has 2 aliphatic rings. The summed E-state index contributed by atoms with van der Waals surface area (Å²) in [6.07, 6.45) is 4.88. The number of aliphatic imine (C=N–C) groups is 1. The molecular weight excluding hydrogens is 387 g/mol. The molecule has 0 aliphatic carbocycles. The lowest BCUT2D eigenvalue weighted by Crippen LogP contribution is -2.33. The van der Waals surface area contributed by atoms with Crippen molar-refractivity contribution in [1.82, 2.24) is 14.9 Å². The number of aromatic nitrogens is 2. The zero-order valence-electron chi connectivity index (χ0n) is 16.6. The third-order valence-electron chi connectivity index (χ3n) is 4.84. The second-order valence-corrected chi connectivity index (χ2v) is 12.8. The van der Waals surface area contributed by atoms with Gasteiger partial charge in [-0.1, -0.05) is 6.92 Å². The number of halogens is 1. The Morgan fingerprint density at radius 2 is 2.22 bits per heavy atom. The summed E-state index contributed by atoms with van der Waals surface area (Å²) in [7, 11) is 0. The van der Waals surface area contributed by atoms with Gasteiger partial charge in [0.15, 0.2) is 18.3 Å². The normalized spacial score (nSPS) is 32.0. The summed E-state index contributed by atoms with van der Waals surface area (Å²) in [4.78, 5) is 9.04. The number of imidazole rings is 1. The van der Waals surface area contributed by atoms with Crippen LogP contribution < -0.4 is 5.32 Å². The van der Waals surface area contributed by atoms with E-state index in [4.69, 9.17) is 21.1 Å². The Hall–Kier alpha value is -0.850. The van der Waals surface area contributed by atoms with Crippen LogP contribution in [0.15, 0.2) is 11.3 Å². The van der Waals surface area contributed by atoms with Crippen LogP contribution in [0.2, 0.25) is 0 Å². The molecule has 0 spiro atoms. The molecule has 9 heteroatoms. The molecule has 0 bridgehead atoms. The van der Waals surface area contributed by atoms with Gasteiger partial charge in [0.05, 0.1) is 12.4 Å². The van der Waals surface area contributed by atoms with Gasteiger partial charge in [-0.3, -0.25) is 4.57 Å². The summed E-state index contributed by atoms with van der Waals surface area (Å²) in [5.41, 5.74) is 0.700. The quantitative estimate of drug-likeness (QED) is 0.550. The van der Waals surface area contributed by atoms with Crippen molar-refractivity contribution in [3.05, 3.63) is 12.0 Å². The number of nitrogens with one attached hydrogen (secondary N) is 1. The molecule has 2 unspecified atom stereocenters. The van der Waals surface area contributed by atoms with Gasteiger partial charge in [0, 0.05) is 6.61 Å². The predicted octanol–water partition coefficient (Wildman–Crippen LogP) is 2.78. The highest BCUT2D eigenvalue weighted by Gasteiger charge is 2.47. The highest BCUT2D eigenvalue weighted by molar-refractivity contribution is 7.72. The molecule has 1 aromatic heterocycles. The Morgan fingerprint density at radius 1 is 1.52 bits per heavy atom. The van der Waals surface area contributed by atoms with Crippen molar-refractivity contribution in [2.24, 2.45) is 10.9 Å². The van der Waals surface area contributed by atoms with Crippen molar-refractivity contribution < 1.29 is 14.6 Å². The van der Waals surface area contributed by atoms with E-state index in [1.54, 1.807) is 6.33 Å². The largest absolute Gasteiger partial charge is 0.389 e. The first-order valence-electron chi connectivity index (χ1n) is 9.27. The average Bonchev–Trinajstić information content (AvgIpc) is 3.08. The van der Waals surface area contributed by atoms with Crippen molar-refractivity contribution in [3.63, 3.8) is 0 Å². The number of aliphatic hydroxyl groups excluding tert-OH is 1. The van der Waals surface area contributed by atoms with Crippen molar-refractivity contribution in [2.75, 3.05) is 26.1 Å². The van der Waals surface area contributed by atoms with Crippen molar-refractivity contribution in [2.45, 2.75) is 50.8 Å². The van der Waals surface area contributed by atoms with Crippen LogP contribution in [0.25, 0.3) is 0 Å². The van der Waals surface area contributed by atoms with Gasteiger partial charge >= 0.3 is 0 Å². The maximum Gasteiger partial charge on any atom is 0.175 e. The third-order valence-corrected chi connectivity index (χ3v) is 6.88. The molecule has 3 rings (SSSR count). The van der Waals surface area contributed by atoms with E-state index in [2.05, 4.69) is 41.8 Å². The zero-order valence-corrected chi connectivity index (χ0v) is 18.2. The van der Waals surface area contributed by atoms with Gasteiger partial charge in [-0.25, -0.2) is 9.98 Å². The number of hydrogen-bond acceptors (Lipinski definition) is 6. The van der Waals surface area contributed by atoms with E-state index < -0.39 is 24.6 Å². The molecule has 2 N–H and O–H groups in total. The summed E-state index contributed by atoms with van der Waals surface area (Å²) in [6.45, 7) is 9.58. The average molecular weight is 417 g/mol. The van der Waals surface area contributed by atoms with E-state index in [-0.39, 0.29) is 18.2 Å². The smallest absolute Gasteiger partial charge is 0.175 e. The van der Waals surface area contributed by atoms with Crippen LogP contribution in [0.1, 0.15) is 38.9 Å². The zero-order chi connectivity index (χ0) is 19.9. The van der Waals surface area contributed by atoms with Crippen LogP contribution in [0, 0.1) is 5.92 Å². The Kier molecular flexibility index (Phi) is 6.09. The molecule has 0 amide bonds. The Morgan fingerprint density at radius 3 is 2.85 bits per heavy atom. The number of ether oxygens (including phenoxy) is 2. The molecule has 0 aromatic carbocycles. The van der Waals surface area contributed by atoms with Crippen molar-refractivity contribution in [3.8, 4) is 0 Å². The molecule has 1 saturated heterocycles. The fraction of sp³-hybridized carbons (Fsp3) is 0.722. The fourth-order valence-corrected chi connectivity index (χ4v) is 5.92. The van der Waals surface area contributed by atoms with Gasteiger partial charge in [-0.2, -0.15) is 0 Å². The third kappa shape index (κ3) is 4.28. The number of amidine groups is 1. The number of aliphatic hydroxyl groups is 1. The lowest BCUT2D eigenvalue weighted by Gasteiger charge is -2.26. The molecule has 3 heterocycles. The van der Waals surface area contributed by atoms with Crippen LogP contribution in [0.5, 0.6) is 0 Å².